The fourth-order valence-corrected chi connectivity index (χ4v) is 5.30. The quantitative estimate of drug-likeness (QED) is 0.265. The Balaban J connectivity index is 1.46. The lowest BCUT2D eigenvalue weighted by Gasteiger charge is -2.13. The highest BCUT2D eigenvalue weighted by Crippen LogP contribution is 2.34. The third-order valence-electron chi connectivity index (χ3n) is 7.18. The van der Waals surface area contributed by atoms with Crippen LogP contribution in [0.3, 0.4) is 0 Å². The largest absolute Gasteiger partial charge is 0.478 e. The number of para-hydroxylation sites is 1. The molecule has 0 saturated heterocycles. The second-order valence-electron chi connectivity index (χ2n) is 9.62. The van der Waals surface area contributed by atoms with Crippen LogP contribution in [0.4, 0.5) is 0 Å². The topological polar surface area (TPSA) is 55.1 Å². The molecule has 1 aromatic heterocycles. The normalized spacial score (nSPS) is 13.5. The van der Waals surface area contributed by atoms with Crippen molar-refractivity contribution in [2.24, 2.45) is 0 Å². The number of hydrogen-bond donors (Lipinski definition) is 1. The Morgan fingerprint density at radius 2 is 1.59 bits per heavy atom. The number of aromatic nitrogens is 2. The van der Waals surface area contributed by atoms with E-state index in [0.29, 0.717) is 6.54 Å². The van der Waals surface area contributed by atoms with Crippen LogP contribution in [0.5, 0.6) is 0 Å². The number of allylic oxidation sites excluding steroid dienone is 2. The minimum absolute atomic E-state index is 0.289. The highest BCUT2D eigenvalue weighted by molar-refractivity contribution is 5.94. The third-order valence-corrected chi connectivity index (χ3v) is 7.18. The Kier molecular flexibility index (Phi) is 6.15. The van der Waals surface area contributed by atoms with Gasteiger partial charge in [-0.15, -0.1) is 0 Å². The van der Waals surface area contributed by atoms with Crippen molar-refractivity contribution in [3.63, 3.8) is 0 Å². The number of nitrogens with zero attached hydrogens (tertiary/aromatic N) is 2. The average Bonchev–Trinajstić information content (AvgIpc) is 3.32. The maximum atomic E-state index is 11.6. The molecular weight excluding hydrogens is 456 g/mol. The summed E-state index contributed by atoms with van der Waals surface area (Å²) in [5.41, 5.74) is 9.21. The van der Waals surface area contributed by atoms with Crippen molar-refractivity contribution in [3.05, 3.63) is 120 Å². The molecule has 0 bridgehead atoms. The van der Waals surface area contributed by atoms with Crippen molar-refractivity contribution in [2.75, 3.05) is 0 Å². The molecule has 1 heterocycles. The van der Waals surface area contributed by atoms with Crippen LogP contribution in [0.1, 0.15) is 47.2 Å². The van der Waals surface area contributed by atoms with Gasteiger partial charge in [0.1, 0.15) is 5.82 Å². The summed E-state index contributed by atoms with van der Waals surface area (Å²) in [6.07, 6.45) is 7.26. The van der Waals surface area contributed by atoms with E-state index in [4.69, 9.17) is 4.98 Å². The smallest absolute Gasteiger partial charge is 0.335 e. The number of aromatic carboxylic acids is 1. The van der Waals surface area contributed by atoms with Crippen LogP contribution in [0.25, 0.3) is 39.1 Å². The zero-order valence-corrected chi connectivity index (χ0v) is 20.6. The van der Waals surface area contributed by atoms with Gasteiger partial charge in [-0.2, -0.15) is 0 Å². The molecule has 0 atom stereocenters. The lowest BCUT2D eigenvalue weighted by molar-refractivity contribution is 0.0696. The van der Waals surface area contributed by atoms with Crippen molar-refractivity contribution in [1.82, 2.24) is 9.55 Å². The van der Waals surface area contributed by atoms with Crippen LogP contribution >= 0.6 is 0 Å². The summed E-state index contributed by atoms with van der Waals surface area (Å²) >= 11 is 0. The SMILES string of the molecule is O=C(O)c1cccc(Cn2c(-c3ccccc3)nc3c(-c4ccc(C5=CCCCC5)cc4)cccc32)c1. The zero-order chi connectivity index (χ0) is 25.2. The lowest BCUT2D eigenvalue weighted by Crippen LogP contribution is -2.04. The monoisotopic (exact) mass is 484 g/mol. The summed E-state index contributed by atoms with van der Waals surface area (Å²) in [6, 6.07) is 32.5. The molecule has 1 aliphatic rings. The zero-order valence-electron chi connectivity index (χ0n) is 20.6. The van der Waals surface area contributed by atoms with Crippen LogP contribution in [0.2, 0.25) is 0 Å². The van der Waals surface area contributed by atoms with Gasteiger partial charge in [-0.3, -0.25) is 0 Å². The first-order valence-electron chi connectivity index (χ1n) is 12.8. The van der Waals surface area contributed by atoms with E-state index < -0.39 is 5.97 Å². The lowest BCUT2D eigenvalue weighted by atomic mass is 9.92. The highest BCUT2D eigenvalue weighted by atomic mass is 16.4. The minimum Gasteiger partial charge on any atom is -0.478 e. The standard InChI is InChI=1S/C33H28N2O2/c36-33(37)28-14-7-9-23(21-28)22-35-30-16-8-15-29(31(30)34-32(35)27-12-5-2-6-13-27)26-19-17-25(18-20-26)24-10-3-1-4-11-24/h2,5-10,12-21H,1,3-4,11,22H2,(H,36,37). The molecule has 5 aromatic rings. The first-order valence-corrected chi connectivity index (χ1v) is 12.8. The molecule has 0 aliphatic heterocycles. The van der Waals surface area contributed by atoms with Crippen molar-refractivity contribution in [1.29, 1.82) is 0 Å². The molecule has 0 spiro atoms. The molecule has 6 rings (SSSR count). The summed E-state index contributed by atoms with van der Waals surface area (Å²) in [4.78, 5) is 16.7. The van der Waals surface area contributed by atoms with Gasteiger partial charge < -0.3 is 9.67 Å². The highest BCUT2D eigenvalue weighted by Gasteiger charge is 2.17. The number of fused-ring (bicyclic) bond motifs is 1. The van der Waals surface area contributed by atoms with Crippen molar-refractivity contribution >= 4 is 22.6 Å². The fraction of sp³-hybridized carbons (Fsp3) is 0.152. The molecule has 182 valence electrons. The number of carboxylic acid groups (broad SMARTS) is 1. The number of imidazole rings is 1. The first-order chi connectivity index (χ1) is 18.2. The van der Waals surface area contributed by atoms with Gasteiger partial charge in [0, 0.05) is 17.7 Å². The number of rotatable bonds is 6. The molecule has 0 fully saturated rings. The number of hydrogen-bond acceptors (Lipinski definition) is 2. The van der Waals surface area contributed by atoms with Gasteiger partial charge in [-0.05, 0) is 66.1 Å². The Hall–Kier alpha value is -4.44. The average molecular weight is 485 g/mol. The van der Waals surface area contributed by atoms with Gasteiger partial charge in [-0.1, -0.05) is 84.9 Å². The van der Waals surface area contributed by atoms with E-state index in [9.17, 15) is 9.90 Å². The summed E-state index contributed by atoms with van der Waals surface area (Å²) in [7, 11) is 0. The van der Waals surface area contributed by atoms with Crippen molar-refractivity contribution < 1.29 is 9.90 Å². The second-order valence-corrected chi connectivity index (χ2v) is 9.62. The van der Waals surface area contributed by atoms with Crippen LogP contribution in [0, 0.1) is 0 Å². The molecule has 1 aliphatic carbocycles. The predicted octanol–water partition coefficient (Wildman–Crippen LogP) is 8.07. The van der Waals surface area contributed by atoms with Crippen LogP contribution in [0.15, 0.2) is 103 Å². The van der Waals surface area contributed by atoms with Crippen molar-refractivity contribution in [2.45, 2.75) is 32.2 Å². The van der Waals surface area contributed by atoms with Gasteiger partial charge in [0.2, 0.25) is 0 Å². The van der Waals surface area contributed by atoms with Gasteiger partial charge in [0.05, 0.1) is 16.6 Å². The van der Waals surface area contributed by atoms with E-state index >= 15 is 0 Å². The van der Waals surface area contributed by atoms with Crippen LogP contribution in [-0.2, 0) is 6.54 Å². The Labute approximate surface area is 216 Å². The van der Waals surface area contributed by atoms with Gasteiger partial charge in [0.15, 0.2) is 0 Å². The minimum atomic E-state index is -0.921. The molecular formula is C33H28N2O2. The second kappa shape index (κ2) is 9.90. The van der Waals surface area contributed by atoms with E-state index in [1.54, 1.807) is 18.2 Å². The molecule has 0 saturated carbocycles. The van der Waals surface area contributed by atoms with Crippen LogP contribution in [-0.4, -0.2) is 20.6 Å². The molecule has 4 heteroatoms. The number of benzene rings is 4. The molecule has 1 N–H and O–H groups in total. The molecule has 0 unspecified atom stereocenters. The number of carbonyl (C=O) groups is 1. The van der Waals surface area contributed by atoms with E-state index in [1.807, 2.05) is 24.3 Å². The summed E-state index contributed by atoms with van der Waals surface area (Å²) in [6.45, 7) is 0.526. The van der Waals surface area contributed by atoms with E-state index in [2.05, 4.69) is 65.2 Å². The Morgan fingerprint density at radius 3 is 2.35 bits per heavy atom. The van der Waals surface area contributed by atoms with Gasteiger partial charge in [0.25, 0.3) is 0 Å². The molecule has 0 amide bonds. The third kappa shape index (κ3) is 4.58. The maximum Gasteiger partial charge on any atom is 0.335 e. The predicted molar refractivity (Wildman–Crippen MR) is 150 cm³/mol. The Morgan fingerprint density at radius 1 is 0.811 bits per heavy atom. The van der Waals surface area contributed by atoms with Gasteiger partial charge in [-0.25, -0.2) is 9.78 Å². The van der Waals surface area contributed by atoms with Crippen LogP contribution < -0.4 is 0 Å². The number of carboxylic acids is 1. The molecule has 4 aromatic carbocycles. The summed E-state index contributed by atoms with van der Waals surface area (Å²) < 4.78 is 2.19. The molecule has 37 heavy (non-hydrogen) atoms. The first kappa shape index (κ1) is 23.0. The van der Waals surface area contributed by atoms with E-state index in [1.165, 1.54) is 30.4 Å². The van der Waals surface area contributed by atoms with Gasteiger partial charge >= 0.3 is 5.97 Å². The van der Waals surface area contributed by atoms with Crippen molar-refractivity contribution in [3.8, 4) is 22.5 Å². The van der Waals surface area contributed by atoms with E-state index in [-0.39, 0.29) is 5.56 Å². The maximum absolute atomic E-state index is 11.6. The Bertz CT molecular complexity index is 1610. The summed E-state index contributed by atoms with van der Waals surface area (Å²) in [5, 5.41) is 9.48. The molecule has 4 nitrogen and oxygen atoms in total. The summed E-state index contributed by atoms with van der Waals surface area (Å²) in [5.74, 6) is -0.0527. The molecule has 0 radical (unpaired) electrons. The van der Waals surface area contributed by atoms with E-state index in [0.717, 1.165) is 45.5 Å². The fourth-order valence-electron chi connectivity index (χ4n) is 5.30.